The van der Waals surface area contributed by atoms with Gasteiger partial charge in [-0.25, -0.2) is 0 Å². The molecule has 5 heteroatoms. The number of para-hydroxylation sites is 1. The second-order valence-electron chi connectivity index (χ2n) is 3.27. The maximum Gasteiger partial charge on any atom is 0.163 e. The number of hydrogen-bond donors (Lipinski definition) is 0. The van der Waals surface area contributed by atoms with Crippen molar-refractivity contribution >= 4 is 11.6 Å². The summed E-state index contributed by atoms with van der Waals surface area (Å²) in [6.45, 7) is 0.415. The summed E-state index contributed by atoms with van der Waals surface area (Å²) in [5.74, 6) is 1.80. The van der Waals surface area contributed by atoms with E-state index in [4.69, 9.17) is 16.3 Å². The van der Waals surface area contributed by atoms with Crippen LogP contribution in [0, 0.1) is 0 Å². The van der Waals surface area contributed by atoms with Crippen LogP contribution in [0.25, 0.3) is 5.69 Å². The Labute approximate surface area is 98.8 Å². The van der Waals surface area contributed by atoms with E-state index in [1.165, 1.54) is 0 Å². The molecule has 1 aromatic carbocycles. The Kier molecular flexibility index (Phi) is 3.54. The van der Waals surface area contributed by atoms with Crippen LogP contribution in [0.15, 0.2) is 30.3 Å². The number of hydrogen-bond acceptors (Lipinski definition) is 3. The molecule has 0 aliphatic heterocycles. The summed E-state index contributed by atoms with van der Waals surface area (Å²) in [4.78, 5) is 0. The van der Waals surface area contributed by atoms with Crippen molar-refractivity contribution in [3.8, 4) is 5.69 Å². The van der Waals surface area contributed by atoms with Crippen molar-refractivity contribution in [3.05, 3.63) is 42.0 Å². The molecule has 1 aromatic heterocycles. The van der Waals surface area contributed by atoms with Crippen LogP contribution >= 0.6 is 11.6 Å². The highest BCUT2D eigenvalue weighted by molar-refractivity contribution is 6.16. The van der Waals surface area contributed by atoms with E-state index in [1.807, 2.05) is 34.9 Å². The topological polar surface area (TPSA) is 39.9 Å². The van der Waals surface area contributed by atoms with Crippen molar-refractivity contribution < 1.29 is 4.74 Å². The third-order valence-corrected chi connectivity index (χ3v) is 2.44. The van der Waals surface area contributed by atoms with Crippen molar-refractivity contribution in [2.75, 3.05) is 7.11 Å². The van der Waals surface area contributed by atoms with E-state index < -0.39 is 0 Å². The zero-order valence-corrected chi connectivity index (χ0v) is 9.68. The Bertz CT molecular complexity index is 456. The van der Waals surface area contributed by atoms with Crippen LogP contribution < -0.4 is 0 Å². The number of benzene rings is 1. The molecule has 0 N–H and O–H groups in total. The van der Waals surface area contributed by atoms with E-state index >= 15 is 0 Å². The molecule has 0 amide bonds. The molecule has 2 aromatic rings. The molecule has 84 valence electrons. The first-order valence-corrected chi connectivity index (χ1v) is 5.43. The maximum absolute atomic E-state index is 5.83. The molecular weight excluding hydrogens is 226 g/mol. The van der Waals surface area contributed by atoms with Gasteiger partial charge in [-0.15, -0.1) is 21.8 Å². The van der Waals surface area contributed by atoms with Gasteiger partial charge < -0.3 is 4.74 Å². The molecule has 0 unspecified atom stereocenters. The summed E-state index contributed by atoms with van der Waals surface area (Å²) in [6, 6.07) is 9.86. The van der Waals surface area contributed by atoms with E-state index in [9.17, 15) is 0 Å². The van der Waals surface area contributed by atoms with E-state index in [0.29, 0.717) is 12.5 Å². The lowest BCUT2D eigenvalue weighted by Crippen LogP contribution is -2.05. The number of halogens is 1. The van der Waals surface area contributed by atoms with Gasteiger partial charge in [-0.2, -0.15) is 0 Å². The Morgan fingerprint density at radius 3 is 2.50 bits per heavy atom. The molecule has 0 atom stereocenters. The fourth-order valence-corrected chi connectivity index (χ4v) is 1.71. The smallest absolute Gasteiger partial charge is 0.163 e. The van der Waals surface area contributed by atoms with Gasteiger partial charge in [-0.05, 0) is 12.1 Å². The van der Waals surface area contributed by atoms with E-state index in [2.05, 4.69) is 10.2 Å². The van der Waals surface area contributed by atoms with Gasteiger partial charge in [0.05, 0.1) is 5.88 Å². The number of ether oxygens (including phenoxy) is 1. The van der Waals surface area contributed by atoms with Crippen LogP contribution in [-0.4, -0.2) is 21.9 Å². The molecule has 0 saturated heterocycles. The summed E-state index contributed by atoms with van der Waals surface area (Å²) >= 11 is 5.83. The van der Waals surface area contributed by atoms with E-state index in [1.54, 1.807) is 7.11 Å². The van der Waals surface area contributed by atoms with Gasteiger partial charge in [0.2, 0.25) is 0 Å². The van der Waals surface area contributed by atoms with Crippen LogP contribution in [-0.2, 0) is 17.2 Å². The third kappa shape index (κ3) is 2.08. The molecule has 0 fully saturated rings. The molecule has 0 aliphatic rings. The number of alkyl halides is 1. The number of methoxy groups -OCH3 is 1. The molecule has 0 spiro atoms. The van der Waals surface area contributed by atoms with Gasteiger partial charge in [-0.1, -0.05) is 18.2 Å². The lowest BCUT2D eigenvalue weighted by atomic mass is 10.3. The Morgan fingerprint density at radius 1 is 1.19 bits per heavy atom. The van der Waals surface area contributed by atoms with Crippen molar-refractivity contribution in [2.45, 2.75) is 12.5 Å². The monoisotopic (exact) mass is 237 g/mol. The fourth-order valence-electron chi connectivity index (χ4n) is 1.54. The molecule has 0 radical (unpaired) electrons. The van der Waals surface area contributed by atoms with Crippen LogP contribution in [0.3, 0.4) is 0 Å². The average Bonchev–Trinajstić information content (AvgIpc) is 2.74. The minimum Gasteiger partial charge on any atom is -0.377 e. The fraction of sp³-hybridized carbons (Fsp3) is 0.273. The first kappa shape index (κ1) is 11.1. The van der Waals surface area contributed by atoms with Gasteiger partial charge in [0.1, 0.15) is 6.61 Å². The Balaban J connectivity index is 2.48. The van der Waals surface area contributed by atoms with Gasteiger partial charge in [0.25, 0.3) is 0 Å². The summed E-state index contributed by atoms with van der Waals surface area (Å²) in [7, 11) is 1.63. The lowest BCUT2D eigenvalue weighted by molar-refractivity contribution is 0.176. The first-order valence-electron chi connectivity index (χ1n) is 4.90. The quantitative estimate of drug-likeness (QED) is 0.765. The van der Waals surface area contributed by atoms with Crippen molar-refractivity contribution in [2.24, 2.45) is 0 Å². The zero-order valence-electron chi connectivity index (χ0n) is 8.93. The molecule has 16 heavy (non-hydrogen) atoms. The van der Waals surface area contributed by atoms with E-state index in [0.717, 1.165) is 17.3 Å². The third-order valence-electron chi connectivity index (χ3n) is 2.20. The molecule has 1 heterocycles. The summed E-state index contributed by atoms with van der Waals surface area (Å²) < 4.78 is 6.99. The zero-order chi connectivity index (χ0) is 11.4. The van der Waals surface area contributed by atoms with Gasteiger partial charge in [0, 0.05) is 12.8 Å². The Morgan fingerprint density at radius 2 is 1.88 bits per heavy atom. The summed E-state index contributed by atoms with van der Waals surface area (Å²) in [5, 5.41) is 8.09. The number of rotatable bonds is 4. The van der Waals surface area contributed by atoms with Crippen molar-refractivity contribution in [3.63, 3.8) is 0 Å². The Hall–Kier alpha value is -1.39. The van der Waals surface area contributed by atoms with Gasteiger partial charge in [-0.3, -0.25) is 4.57 Å². The van der Waals surface area contributed by atoms with Crippen LogP contribution in [0.2, 0.25) is 0 Å². The lowest BCUT2D eigenvalue weighted by Gasteiger charge is -2.08. The maximum atomic E-state index is 5.83. The molecule has 0 saturated carbocycles. The minimum absolute atomic E-state index is 0.325. The highest BCUT2D eigenvalue weighted by atomic mass is 35.5. The second kappa shape index (κ2) is 5.09. The van der Waals surface area contributed by atoms with Crippen LogP contribution in [0.1, 0.15) is 11.6 Å². The van der Waals surface area contributed by atoms with Gasteiger partial charge >= 0.3 is 0 Å². The first-order chi connectivity index (χ1) is 7.86. The molecule has 0 aliphatic carbocycles. The molecule has 2 rings (SSSR count). The molecule has 4 nitrogen and oxygen atoms in total. The predicted octanol–water partition coefficient (Wildman–Crippen LogP) is 2.15. The minimum atomic E-state index is 0.325. The SMILES string of the molecule is COCc1nnc(CCl)n1-c1ccccc1. The van der Waals surface area contributed by atoms with Crippen LogP contribution in [0.5, 0.6) is 0 Å². The van der Waals surface area contributed by atoms with E-state index in [-0.39, 0.29) is 0 Å². The average molecular weight is 238 g/mol. The number of aromatic nitrogens is 3. The second-order valence-corrected chi connectivity index (χ2v) is 3.54. The highest BCUT2D eigenvalue weighted by Crippen LogP contribution is 2.14. The summed E-state index contributed by atoms with van der Waals surface area (Å²) in [5.41, 5.74) is 0.996. The standard InChI is InChI=1S/C11H12ClN3O/c1-16-8-11-14-13-10(7-12)15(11)9-5-3-2-4-6-9/h2-6H,7-8H2,1H3. The van der Waals surface area contributed by atoms with Crippen LogP contribution in [0.4, 0.5) is 0 Å². The van der Waals surface area contributed by atoms with Gasteiger partial charge in [0.15, 0.2) is 11.6 Å². The van der Waals surface area contributed by atoms with Crippen molar-refractivity contribution in [1.82, 2.24) is 14.8 Å². The summed E-state index contributed by atoms with van der Waals surface area (Å²) in [6.07, 6.45) is 0. The van der Waals surface area contributed by atoms with Crippen molar-refractivity contribution in [1.29, 1.82) is 0 Å². The normalized spacial score (nSPS) is 10.6. The molecule has 0 bridgehead atoms. The predicted molar refractivity (Wildman–Crippen MR) is 61.6 cm³/mol. The number of nitrogens with zero attached hydrogens (tertiary/aromatic N) is 3. The largest absolute Gasteiger partial charge is 0.377 e. The highest BCUT2D eigenvalue weighted by Gasteiger charge is 2.12. The molecular formula is C11H12ClN3O.